The van der Waals surface area contributed by atoms with E-state index in [9.17, 15) is 18.0 Å². The highest BCUT2D eigenvalue weighted by Gasteiger charge is 2.34. The molecule has 2 heterocycles. The Morgan fingerprint density at radius 2 is 2.19 bits per heavy atom. The predicted molar refractivity (Wildman–Crippen MR) is 69.9 cm³/mol. The zero-order valence-electron chi connectivity index (χ0n) is 11.9. The van der Waals surface area contributed by atoms with Crippen LogP contribution in [0.5, 0.6) is 0 Å². The first-order chi connectivity index (χ1) is 9.84. The molecule has 1 aromatic rings. The van der Waals surface area contributed by atoms with Gasteiger partial charge in [0, 0.05) is 13.7 Å². The van der Waals surface area contributed by atoms with E-state index in [2.05, 4.69) is 4.98 Å². The molecule has 4 nitrogen and oxygen atoms in total. The highest BCUT2D eigenvalue weighted by molar-refractivity contribution is 5.95. The molecule has 0 aromatic carbocycles. The van der Waals surface area contributed by atoms with Crippen LogP contribution in [0, 0.1) is 6.92 Å². The molecule has 0 aliphatic carbocycles. The number of hydrogen-bond donors (Lipinski definition) is 0. The first-order valence-corrected chi connectivity index (χ1v) is 6.69. The van der Waals surface area contributed by atoms with Crippen molar-refractivity contribution in [1.29, 1.82) is 0 Å². The van der Waals surface area contributed by atoms with Gasteiger partial charge in [0.05, 0.1) is 23.9 Å². The third-order valence-electron chi connectivity index (χ3n) is 3.60. The Bertz CT molecular complexity index is 531. The molecular formula is C14H17F3N2O2. The second-order valence-corrected chi connectivity index (χ2v) is 5.08. The molecule has 7 heteroatoms. The molecule has 0 radical (unpaired) electrons. The van der Waals surface area contributed by atoms with E-state index < -0.39 is 11.9 Å². The van der Waals surface area contributed by atoms with Gasteiger partial charge in [0.2, 0.25) is 0 Å². The van der Waals surface area contributed by atoms with Crippen molar-refractivity contribution >= 4 is 5.91 Å². The summed E-state index contributed by atoms with van der Waals surface area (Å²) in [5.41, 5.74) is -0.671. The van der Waals surface area contributed by atoms with Gasteiger partial charge in [0.15, 0.2) is 0 Å². The monoisotopic (exact) mass is 302 g/mol. The lowest BCUT2D eigenvalue weighted by atomic mass is 10.1. The number of pyridine rings is 1. The normalized spacial score (nSPS) is 19.1. The number of aryl methyl sites for hydroxylation is 1. The van der Waals surface area contributed by atoms with E-state index in [0.717, 1.165) is 18.9 Å². The van der Waals surface area contributed by atoms with E-state index in [-0.39, 0.29) is 23.2 Å². The minimum absolute atomic E-state index is 0.0239. The average molecular weight is 302 g/mol. The topological polar surface area (TPSA) is 42.4 Å². The third-order valence-corrected chi connectivity index (χ3v) is 3.60. The second-order valence-electron chi connectivity index (χ2n) is 5.08. The fourth-order valence-electron chi connectivity index (χ4n) is 2.57. The van der Waals surface area contributed by atoms with Crippen LogP contribution >= 0.6 is 0 Å². The molecule has 0 N–H and O–H groups in total. The number of carbonyl (C=O) groups excluding carboxylic acids is 1. The van der Waals surface area contributed by atoms with Crippen molar-refractivity contribution in [1.82, 2.24) is 9.88 Å². The zero-order chi connectivity index (χ0) is 15.6. The van der Waals surface area contributed by atoms with Gasteiger partial charge in [0.1, 0.15) is 5.69 Å². The number of halogens is 3. The molecule has 116 valence electrons. The van der Waals surface area contributed by atoms with Crippen molar-refractivity contribution in [3.05, 3.63) is 29.1 Å². The average Bonchev–Trinajstić information content (AvgIpc) is 2.85. The summed E-state index contributed by atoms with van der Waals surface area (Å²) in [7, 11) is 1.56. The number of likely N-dealkylation sites (tertiary alicyclic amines) is 1. The smallest absolute Gasteiger partial charge is 0.383 e. The SMILES string of the molecule is COCC1CCCN1C(=O)c1ccc(C(F)(F)F)nc1C. The molecule has 21 heavy (non-hydrogen) atoms. The second kappa shape index (κ2) is 6.01. The van der Waals surface area contributed by atoms with Crippen LogP contribution in [0.4, 0.5) is 13.2 Å². The molecule has 1 aliphatic heterocycles. The van der Waals surface area contributed by atoms with Crippen molar-refractivity contribution in [3.8, 4) is 0 Å². The van der Waals surface area contributed by atoms with E-state index in [1.54, 1.807) is 12.0 Å². The summed E-state index contributed by atoms with van der Waals surface area (Å²) < 4.78 is 42.8. The van der Waals surface area contributed by atoms with Gasteiger partial charge in [-0.15, -0.1) is 0 Å². The third kappa shape index (κ3) is 3.34. The maximum Gasteiger partial charge on any atom is 0.433 e. The van der Waals surface area contributed by atoms with Gasteiger partial charge in [-0.1, -0.05) is 0 Å². The van der Waals surface area contributed by atoms with Crippen LogP contribution < -0.4 is 0 Å². The van der Waals surface area contributed by atoms with Gasteiger partial charge in [-0.2, -0.15) is 13.2 Å². The van der Waals surface area contributed by atoms with Crippen LogP contribution in [-0.4, -0.2) is 42.1 Å². The summed E-state index contributed by atoms with van der Waals surface area (Å²) in [6, 6.07) is 2.03. The molecule has 1 saturated heterocycles. The van der Waals surface area contributed by atoms with Crippen molar-refractivity contribution in [3.63, 3.8) is 0 Å². The van der Waals surface area contributed by atoms with Crippen LogP contribution in [0.25, 0.3) is 0 Å². The zero-order valence-corrected chi connectivity index (χ0v) is 11.9. The molecule has 1 atom stereocenters. The number of aromatic nitrogens is 1. The number of carbonyl (C=O) groups is 1. The van der Waals surface area contributed by atoms with E-state index in [0.29, 0.717) is 13.2 Å². The maximum absolute atomic E-state index is 12.6. The van der Waals surface area contributed by atoms with Crippen molar-refractivity contribution < 1.29 is 22.7 Å². The number of hydrogen-bond acceptors (Lipinski definition) is 3. The Balaban J connectivity index is 2.23. The molecule has 2 rings (SSSR count). The summed E-state index contributed by atoms with van der Waals surface area (Å²) in [6.45, 7) is 2.44. The van der Waals surface area contributed by atoms with E-state index in [4.69, 9.17) is 4.74 Å². The highest BCUT2D eigenvalue weighted by Crippen LogP contribution is 2.29. The number of amides is 1. The summed E-state index contributed by atoms with van der Waals surface area (Å²) in [5, 5.41) is 0. The number of rotatable bonds is 3. The molecule has 1 aromatic heterocycles. The van der Waals surface area contributed by atoms with Crippen LogP contribution in [0.2, 0.25) is 0 Å². The van der Waals surface area contributed by atoms with Gasteiger partial charge >= 0.3 is 6.18 Å². The lowest BCUT2D eigenvalue weighted by molar-refractivity contribution is -0.141. The van der Waals surface area contributed by atoms with Gasteiger partial charge in [-0.3, -0.25) is 4.79 Å². The Kier molecular flexibility index (Phi) is 4.51. The van der Waals surface area contributed by atoms with Gasteiger partial charge in [-0.25, -0.2) is 4.98 Å². The van der Waals surface area contributed by atoms with Crippen molar-refractivity contribution in [2.45, 2.75) is 32.0 Å². The molecule has 1 fully saturated rings. The first-order valence-electron chi connectivity index (χ1n) is 6.69. The summed E-state index contributed by atoms with van der Waals surface area (Å²) in [5.74, 6) is -0.284. The predicted octanol–water partition coefficient (Wildman–Crippen LogP) is 2.66. The Morgan fingerprint density at radius 3 is 2.76 bits per heavy atom. The molecule has 0 saturated carbocycles. The standard InChI is InChI=1S/C14H17F3N2O2/c1-9-11(5-6-12(18-9)14(15,16)17)13(20)19-7-3-4-10(19)8-21-2/h5-6,10H,3-4,7-8H2,1-2H3. The lowest BCUT2D eigenvalue weighted by Crippen LogP contribution is -2.38. The minimum atomic E-state index is -4.50. The Labute approximate surface area is 120 Å². The fraction of sp³-hybridized carbons (Fsp3) is 0.571. The molecule has 1 amide bonds. The van der Waals surface area contributed by atoms with Crippen molar-refractivity contribution in [2.75, 3.05) is 20.3 Å². The summed E-state index contributed by atoms with van der Waals surface area (Å²) in [4.78, 5) is 17.6. The molecule has 0 bridgehead atoms. The highest BCUT2D eigenvalue weighted by atomic mass is 19.4. The van der Waals surface area contributed by atoms with Gasteiger partial charge in [0.25, 0.3) is 5.91 Å². The van der Waals surface area contributed by atoms with E-state index in [1.807, 2.05) is 0 Å². The Morgan fingerprint density at radius 1 is 1.48 bits per heavy atom. The quantitative estimate of drug-likeness (QED) is 0.862. The van der Waals surface area contributed by atoms with Crippen LogP contribution in [0.3, 0.4) is 0 Å². The van der Waals surface area contributed by atoms with E-state index in [1.165, 1.54) is 13.0 Å². The largest absolute Gasteiger partial charge is 0.433 e. The van der Waals surface area contributed by atoms with Gasteiger partial charge < -0.3 is 9.64 Å². The molecule has 1 unspecified atom stereocenters. The first kappa shape index (κ1) is 15.8. The fourth-order valence-corrected chi connectivity index (χ4v) is 2.57. The molecule has 0 spiro atoms. The van der Waals surface area contributed by atoms with Crippen LogP contribution in [0.15, 0.2) is 12.1 Å². The number of methoxy groups -OCH3 is 1. The van der Waals surface area contributed by atoms with Crippen LogP contribution in [0.1, 0.15) is 34.6 Å². The molecular weight excluding hydrogens is 285 g/mol. The lowest BCUT2D eigenvalue weighted by Gasteiger charge is -2.24. The van der Waals surface area contributed by atoms with Crippen molar-refractivity contribution in [2.24, 2.45) is 0 Å². The number of nitrogens with zero attached hydrogens (tertiary/aromatic N) is 2. The minimum Gasteiger partial charge on any atom is -0.383 e. The number of ether oxygens (including phenoxy) is 1. The number of alkyl halides is 3. The van der Waals surface area contributed by atoms with Gasteiger partial charge in [-0.05, 0) is 31.9 Å². The Hall–Kier alpha value is -1.63. The van der Waals surface area contributed by atoms with E-state index >= 15 is 0 Å². The summed E-state index contributed by atoms with van der Waals surface area (Å²) >= 11 is 0. The summed E-state index contributed by atoms with van der Waals surface area (Å²) in [6.07, 6.45) is -2.79. The molecule has 1 aliphatic rings. The maximum atomic E-state index is 12.6. The van der Waals surface area contributed by atoms with Crippen LogP contribution in [-0.2, 0) is 10.9 Å².